The van der Waals surface area contributed by atoms with Gasteiger partial charge >= 0.3 is 0 Å². The lowest BCUT2D eigenvalue weighted by atomic mass is 10.2. The average Bonchev–Trinajstić information content (AvgIpc) is 3.10. The van der Waals surface area contributed by atoms with Crippen molar-refractivity contribution >= 4 is 17.7 Å². The molecule has 0 aliphatic carbocycles. The first-order valence-corrected chi connectivity index (χ1v) is 9.37. The number of benzene rings is 2. The number of amides is 1. The van der Waals surface area contributed by atoms with Gasteiger partial charge in [0.2, 0.25) is 5.91 Å². The van der Waals surface area contributed by atoms with E-state index in [4.69, 9.17) is 0 Å². The van der Waals surface area contributed by atoms with Crippen LogP contribution in [0.15, 0.2) is 59.8 Å². The highest BCUT2D eigenvalue weighted by molar-refractivity contribution is 7.99. The lowest BCUT2D eigenvalue weighted by Gasteiger charge is -2.11. The number of rotatable bonds is 7. The maximum atomic E-state index is 13.3. The van der Waals surface area contributed by atoms with Crippen molar-refractivity contribution in [3.8, 4) is 17.1 Å². The maximum absolute atomic E-state index is 13.3. The van der Waals surface area contributed by atoms with Crippen LogP contribution >= 0.6 is 11.8 Å². The number of aliphatic hydroxyl groups excluding tert-OH is 1. The van der Waals surface area contributed by atoms with Crippen LogP contribution in [0, 0.1) is 5.82 Å². The predicted molar refractivity (Wildman–Crippen MR) is 102 cm³/mol. The minimum absolute atomic E-state index is 0.140. The van der Waals surface area contributed by atoms with Gasteiger partial charge < -0.3 is 10.4 Å². The lowest BCUT2D eigenvalue weighted by Crippen LogP contribution is -2.31. The summed E-state index contributed by atoms with van der Waals surface area (Å²) >= 11 is 1.24. The number of aromatic nitrogens is 3. The second-order valence-electron chi connectivity index (χ2n) is 5.93. The number of hydrogen-bond donors (Lipinski definition) is 2. The average molecular weight is 386 g/mol. The van der Waals surface area contributed by atoms with E-state index in [1.54, 1.807) is 19.1 Å². The molecular weight excluding hydrogens is 367 g/mol. The minimum Gasteiger partial charge on any atom is -0.392 e. The number of aliphatic hydroxyl groups is 1. The SMILES string of the molecule is CC(O)CNC(=O)CSc1nnc(-c2ccc(F)cc2)n1-c1ccccc1. The van der Waals surface area contributed by atoms with E-state index < -0.39 is 6.10 Å². The molecule has 1 heterocycles. The standard InChI is InChI=1S/C19H19FN4O2S/c1-13(25)11-21-17(26)12-27-19-23-22-18(14-7-9-15(20)10-8-14)24(19)16-5-3-2-4-6-16/h2-10,13,25H,11-12H2,1H3,(H,21,26). The minimum atomic E-state index is -0.600. The number of hydrogen-bond acceptors (Lipinski definition) is 5. The summed E-state index contributed by atoms with van der Waals surface area (Å²) in [5.74, 6) is 0.176. The van der Waals surface area contributed by atoms with Crippen LogP contribution in [-0.2, 0) is 4.79 Å². The Bertz CT molecular complexity index is 898. The van der Waals surface area contributed by atoms with E-state index in [0.29, 0.717) is 11.0 Å². The molecule has 8 heteroatoms. The van der Waals surface area contributed by atoms with E-state index in [2.05, 4.69) is 15.5 Å². The zero-order chi connectivity index (χ0) is 19.2. The zero-order valence-corrected chi connectivity index (χ0v) is 15.5. The Hall–Kier alpha value is -2.71. The topological polar surface area (TPSA) is 80.0 Å². The molecule has 1 amide bonds. The second-order valence-corrected chi connectivity index (χ2v) is 6.87. The van der Waals surface area contributed by atoms with Crippen LogP contribution in [0.3, 0.4) is 0 Å². The number of carbonyl (C=O) groups is 1. The van der Waals surface area contributed by atoms with Gasteiger partial charge in [0.05, 0.1) is 11.9 Å². The van der Waals surface area contributed by atoms with Gasteiger partial charge in [-0.15, -0.1) is 10.2 Å². The van der Waals surface area contributed by atoms with Gasteiger partial charge in [-0.2, -0.15) is 0 Å². The van der Waals surface area contributed by atoms with Crippen molar-refractivity contribution in [1.82, 2.24) is 20.1 Å². The summed E-state index contributed by atoms with van der Waals surface area (Å²) in [4.78, 5) is 11.9. The molecule has 3 rings (SSSR count). The fourth-order valence-electron chi connectivity index (χ4n) is 2.40. The largest absolute Gasteiger partial charge is 0.392 e. The van der Waals surface area contributed by atoms with E-state index in [1.165, 1.54) is 23.9 Å². The third-order valence-corrected chi connectivity index (χ3v) is 4.61. The monoisotopic (exact) mass is 386 g/mol. The molecule has 2 aromatic carbocycles. The first kappa shape index (κ1) is 19.1. The van der Waals surface area contributed by atoms with Crippen molar-refractivity contribution in [2.24, 2.45) is 0 Å². The van der Waals surface area contributed by atoms with E-state index in [-0.39, 0.29) is 24.0 Å². The van der Waals surface area contributed by atoms with Crippen LogP contribution in [0.1, 0.15) is 6.92 Å². The van der Waals surface area contributed by atoms with E-state index in [0.717, 1.165) is 11.3 Å². The summed E-state index contributed by atoms with van der Waals surface area (Å²) in [6, 6.07) is 15.5. The van der Waals surface area contributed by atoms with Crippen LogP contribution in [0.2, 0.25) is 0 Å². The van der Waals surface area contributed by atoms with Crippen LogP contribution in [0.4, 0.5) is 4.39 Å². The first-order chi connectivity index (χ1) is 13.0. The first-order valence-electron chi connectivity index (χ1n) is 8.39. The maximum Gasteiger partial charge on any atom is 0.230 e. The van der Waals surface area contributed by atoms with Gasteiger partial charge in [0.25, 0.3) is 0 Å². The number of carbonyl (C=O) groups excluding carboxylic acids is 1. The summed E-state index contributed by atoms with van der Waals surface area (Å²) in [6.45, 7) is 1.81. The third-order valence-electron chi connectivity index (χ3n) is 3.68. The smallest absolute Gasteiger partial charge is 0.230 e. The zero-order valence-electron chi connectivity index (χ0n) is 14.7. The quantitative estimate of drug-likeness (QED) is 0.610. The fraction of sp³-hybridized carbons (Fsp3) is 0.211. The molecule has 0 bridgehead atoms. The van der Waals surface area contributed by atoms with Crippen molar-refractivity contribution in [1.29, 1.82) is 0 Å². The molecule has 3 aromatic rings. The molecule has 0 spiro atoms. The Kier molecular flexibility index (Phi) is 6.20. The van der Waals surface area contributed by atoms with Gasteiger partial charge in [-0.25, -0.2) is 4.39 Å². The Morgan fingerprint density at radius 3 is 2.56 bits per heavy atom. The highest BCUT2D eigenvalue weighted by Crippen LogP contribution is 2.27. The van der Waals surface area contributed by atoms with Crippen molar-refractivity contribution in [3.05, 3.63) is 60.4 Å². The number of halogens is 1. The molecule has 140 valence electrons. The third kappa shape index (κ3) is 4.93. The number of thioether (sulfide) groups is 1. The molecule has 6 nitrogen and oxygen atoms in total. The molecule has 0 aliphatic heterocycles. The fourth-order valence-corrected chi connectivity index (χ4v) is 3.18. The van der Waals surface area contributed by atoms with Gasteiger partial charge in [-0.05, 0) is 43.3 Å². The van der Waals surface area contributed by atoms with Crippen molar-refractivity contribution in [3.63, 3.8) is 0 Å². The Balaban J connectivity index is 1.88. The second kappa shape index (κ2) is 8.79. The summed E-state index contributed by atoms with van der Waals surface area (Å²) in [5.41, 5.74) is 1.56. The van der Waals surface area contributed by atoms with Crippen LogP contribution < -0.4 is 5.32 Å². The van der Waals surface area contributed by atoms with Crippen LogP contribution in [0.5, 0.6) is 0 Å². The highest BCUT2D eigenvalue weighted by atomic mass is 32.2. The van der Waals surface area contributed by atoms with Crippen molar-refractivity contribution < 1.29 is 14.3 Å². The molecule has 0 fully saturated rings. The molecule has 0 aliphatic rings. The molecular formula is C19H19FN4O2S. The van der Waals surface area contributed by atoms with E-state index in [1.807, 2.05) is 34.9 Å². The van der Waals surface area contributed by atoms with Gasteiger partial charge in [-0.3, -0.25) is 9.36 Å². The molecule has 0 saturated carbocycles. The highest BCUT2D eigenvalue weighted by Gasteiger charge is 2.17. The predicted octanol–water partition coefficient (Wildman–Crippen LogP) is 2.66. The van der Waals surface area contributed by atoms with Crippen molar-refractivity contribution in [2.75, 3.05) is 12.3 Å². The van der Waals surface area contributed by atoms with Gasteiger partial charge in [-0.1, -0.05) is 30.0 Å². The summed E-state index contributed by atoms with van der Waals surface area (Å²) in [6.07, 6.45) is -0.600. The molecule has 2 N–H and O–H groups in total. The van der Waals surface area contributed by atoms with Gasteiger partial charge in [0.15, 0.2) is 11.0 Å². The summed E-state index contributed by atoms with van der Waals surface area (Å²) in [7, 11) is 0. The van der Waals surface area contributed by atoms with Crippen LogP contribution in [-0.4, -0.2) is 44.2 Å². The molecule has 1 aromatic heterocycles. The summed E-state index contributed by atoms with van der Waals surface area (Å²) < 4.78 is 15.1. The van der Waals surface area contributed by atoms with Crippen LogP contribution in [0.25, 0.3) is 17.1 Å². The van der Waals surface area contributed by atoms with E-state index in [9.17, 15) is 14.3 Å². The molecule has 1 unspecified atom stereocenters. The number of nitrogens with one attached hydrogen (secondary N) is 1. The lowest BCUT2D eigenvalue weighted by molar-refractivity contribution is -0.118. The Morgan fingerprint density at radius 2 is 1.89 bits per heavy atom. The number of nitrogens with zero attached hydrogens (tertiary/aromatic N) is 3. The number of para-hydroxylation sites is 1. The van der Waals surface area contributed by atoms with E-state index >= 15 is 0 Å². The van der Waals surface area contributed by atoms with Crippen molar-refractivity contribution in [2.45, 2.75) is 18.2 Å². The van der Waals surface area contributed by atoms with Gasteiger partial charge in [0.1, 0.15) is 5.82 Å². The Morgan fingerprint density at radius 1 is 1.19 bits per heavy atom. The normalized spacial score (nSPS) is 12.0. The van der Waals surface area contributed by atoms with Gasteiger partial charge in [0, 0.05) is 17.8 Å². The Labute approximate surface area is 160 Å². The molecule has 0 saturated heterocycles. The molecule has 0 radical (unpaired) electrons. The summed E-state index contributed by atoms with van der Waals surface area (Å²) in [5, 5.41) is 20.9. The molecule has 1 atom stereocenters. The molecule has 27 heavy (non-hydrogen) atoms.